The van der Waals surface area contributed by atoms with E-state index in [0.717, 1.165) is 9.80 Å². The van der Waals surface area contributed by atoms with Crippen molar-refractivity contribution in [3.05, 3.63) is 59.2 Å². The fourth-order valence-electron chi connectivity index (χ4n) is 7.33. The van der Waals surface area contributed by atoms with Crippen LogP contribution in [0.25, 0.3) is 0 Å². The zero-order valence-corrected chi connectivity index (χ0v) is 25.2. The van der Waals surface area contributed by atoms with Crippen molar-refractivity contribution in [2.75, 3.05) is 26.2 Å². The number of amides is 4. The summed E-state index contributed by atoms with van der Waals surface area (Å²) < 4.78 is 10.9. The number of phenols is 1. The third kappa shape index (κ3) is 3.75. The van der Waals surface area contributed by atoms with E-state index >= 15 is 0 Å². The van der Waals surface area contributed by atoms with E-state index in [9.17, 15) is 29.1 Å². The fourth-order valence-corrected chi connectivity index (χ4v) is 8.33. The standard InChI is InChI=1S/C31H28Cl2N2O8/c1-14(36)15-5-7-16(8-6-15)35-26(38)19-10-9-18-20(23(19)27(35)39)13-30(32)28(40)34(2)29(41)31(30,33)25(18)24-21(37)11-17(42-3)12-22(24)43-4/h5-9,11-12,19-20,23,25,37H,10,13H2,1-4H3/t19-,20+,23-,25+,30+,31-/m0/s1. The van der Waals surface area contributed by atoms with Gasteiger partial charge in [-0.1, -0.05) is 11.6 Å². The number of nitrogens with zero attached hydrogens (tertiary/aromatic N) is 2. The summed E-state index contributed by atoms with van der Waals surface area (Å²) in [5.74, 6) is -6.08. The van der Waals surface area contributed by atoms with Crippen molar-refractivity contribution >= 4 is 58.3 Å². The van der Waals surface area contributed by atoms with Crippen molar-refractivity contribution < 1.29 is 38.6 Å². The lowest BCUT2D eigenvalue weighted by Crippen LogP contribution is -2.60. The molecule has 2 aromatic rings. The molecule has 2 saturated heterocycles. The van der Waals surface area contributed by atoms with E-state index in [-0.39, 0.29) is 41.4 Å². The Bertz CT molecular complexity index is 1660. The molecule has 6 atom stereocenters. The second kappa shape index (κ2) is 9.82. The van der Waals surface area contributed by atoms with Gasteiger partial charge in [0.2, 0.25) is 11.8 Å². The minimum absolute atomic E-state index is 0.114. The highest BCUT2D eigenvalue weighted by atomic mass is 35.5. The van der Waals surface area contributed by atoms with Crippen LogP contribution in [0.3, 0.4) is 0 Å². The highest BCUT2D eigenvalue weighted by Gasteiger charge is 2.76. The molecular weight excluding hydrogens is 599 g/mol. The molecule has 2 heterocycles. The van der Waals surface area contributed by atoms with Crippen LogP contribution in [0, 0.1) is 17.8 Å². The van der Waals surface area contributed by atoms with Gasteiger partial charge in [0.25, 0.3) is 11.8 Å². The number of benzene rings is 2. The van der Waals surface area contributed by atoms with Crippen LogP contribution in [0.4, 0.5) is 5.69 Å². The normalized spacial score (nSPS) is 31.4. The minimum Gasteiger partial charge on any atom is -0.507 e. The van der Waals surface area contributed by atoms with Crippen molar-refractivity contribution in [3.63, 3.8) is 0 Å². The maximum absolute atomic E-state index is 14.1. The molecule has 0 spiro atoms. The summed E-state index contributed by atoms with van der Waals surface area (Å²) in [4.78, 5) is 64.9. The molecule has 2 aromatic carbocycles. The van der Waals surface area contributed by atoms with Crippen LogP contribution >= 0.6 is 23.2 Å². The van der Waals surface area contributed by atoms with Crippen LogP contribution in [-0.4, -0.2) is 70.4 Å². The van der Waals surface area contributed by atoms with Crippen LogP contribution in [0.5, 0.6) is 17.2 Å². The largest absolute Gasteiger partial charge is 0.507 e. The monoisotopic (exact) mass is 626 g/mol. The van der Waals surface area contributed by atoms with Crippen molar-refractivity contribution in [2.24, 2.45) is 17.8 Å². The first kappa shape index (κ1) is 29.2. The van der Waals surface area contributed by atoms with Gasteiger partial charge < -0.3 is 14.6 Å². The highest BCUT2D eigenvalue weighted by molar-refractivity contribution is 6.53. The number of anilines is 1. The number of alkyl halides is 2. The molecule has 43 heavy (non-hydrogen) atoms. The number of methoxy groups -OCH3 is 2. The predicted molar refractivity (Wildman–Crippen MR) is 156 cm³/mol. The number of hydrogen-bond acceptors (Lipinski definition) is 8. The number of likely N-dealkylation sites (tertiary alicyclic amines) is 1. The average molecular weight is 627 g/mol. The van der Waals surface area contributed by atoms with E-state index in [1.165, 1.54) is 40.3 Å². The van der Waals surface area contributed by atoms with Crippen molar-refractivity contribution in [1.29, 1.82) is 0 Å². The number of imide groups is 2. The number of phenolic OH excluding ortho intramolecular Hbond substituents is 1. The van der Waals surface area contributed by atoms with Crippen LogP contribution in [0.15, 0.2) is 48.0 Å². The molecule has 10 nitrogen and oxygen atoms in total. The minimum atomic E-state index is -2.08. The number of carbonyl (C=O) groups excluding carboxylic acids is 5. The Kier molecular flexibility index (Phi) is 6.67. The summed E-state index contributed by atoms with van der Waals surface area (Å²) in [6, 6.07) is 9.04. The second-order valence-electron chi connectivity index (χ2n) is 11.4. The topological polar surface area (TPSA) is 131 Å². The van der Waals surface area contributed by atoms with E-state index in [0.29, 0.717) is 16.8 Å². The Hall–Kier alpha value is -3.89. The molecule has 1 N–H and O–H groups in total. The molecule has 12 heteroatoms. The number of allylic oxidation sites excluding steroid dienone is 2. The number of ketones is 1. The predicted octanol–water partition coefficient (Wildman–Crippen LogP) is 3.81. The van der Waals surface area contributed by atoms with E-state index in [1.54, 1.807) is 30.3 Å². The summed E-state index contributed by atoms with van der Waals surface area (Å²) in [5, 5.41) is 11.3. The molecule has 0 aromatic heterocycles. The highest BCUT2D eigenvalue weighted by Crippen LogP contribution is 2.67. The summed E-state index contributed by atoms with van der Waals surface area (Å²) >= 11 is 14.4. The van der Waals surface area contributed by atoms with Gasteiger partial charge in [-0.05, 0) is 49.9 Å². The molecule has 0 unspecified atom stereocenters. The molecule has 3 fully saturated rings. The molecule has 0 radical (unpaired) electrons. The molecule has 1 saturated carbocycles. The van der Waals surface area contributed by atoms with Gasteiger partial charge in [-0.3, -0.25) is 33.8 Å². The lowest BCUT2D eigenvalue weighted by molar-refractivity contribution is -0.138. The van der Waals surface area contributed by atoms with Gasteiger partial charge in [0, 0.05) is 36.2 Å². The third-order valence-electron chi connectivity index (χ3n) is 9.38. The average Bonchev–Trinajstić information content (AvgIpc) is 3.32. The Labute approximate surface area is 257 Å². The van der Waals surface area contributed by atoms with E-state index in [4.69, 9.17) is 32.7 Å². The second-order valence-corrected chi connectivity index (χ2v) is 12.6. The zero-order chi connectivity index (χ0) is 31.2. The lowest BCUT2D eigenvalue weighted by atomic mass is 9.56. The van der Waals surface area contributed by atoms with Crippen LogP contribution in [0.1, 0.15) is 41.6 Å². The summed E-state index contributed by atoms with van der Waals surface area (Å²) in [5.41, 5.74) is 1.38. The molecular formula is C31H28Cl2N2O8. The molecule has 4 amide bonds. The van der Waals surface area contributed by atoms with Crippen molar-refractivity contribution in [3.8, 4) is 17.2 Å². The lowest BCUT2D eigenvalue weighted by Gasteiger charge is -2.51. The van der Waals surface area contributed by atoms with Gasteiger partial charge in [0.1, 0.15) is 17.2 Å². The van der Waals surface area contributed by atoms with Gasteiger partial charge in [0.15, 0.2) is 15.5 Å². The Balaban J connectivity index is 1.52. The van der Waals surface area contributed by atoms with E-state index in [2.05, 4.69) is 0 Å². The Morgan fingerprint density at radius 1 is 0.977 bits per heavy atom. The number of halogens is 2. The molecule has 6 rings (SSSR count). The summed E-state index contributed by atoms with van der Waals surface area (Å²) in [6.07, 6.45) is 1.73. The van der Waals surface area contributed by atoms with Crippen LogP contribution in [0.2, 0.25) is 0 Å². The summed E-state index contributed by atoms with van der Waals surface area (Å²) in [7, 11) is 4.08. The Morgan fingerprint density at radius 3 is 2.26 bits per heavy atom. The third-order valence-corrected chi connectivity index (χ3v) is 10.8. The van der Waals surface area contributed by atoms with E-state index in [1.807, 2.05) is 0 Å². The molecule has 2 aliphatic carbocycles. The maximum Gasteiger partial charge on any atom is 0.253 e. The fraction of sp³-hybridized carbons (Fsp3) is 0.387. The van der Waals surface area contributed by atoms with Gasteiger partial charge in [-0.15, -0.1) is 23.2 Å². The van der Waals surface area contributed by atoms with Gasteiger partial charge in [-0.25, -0.2) is 0 Å². The molecule has 224 valence electrons. The Morgan fingerprint density at radius 2 is 1.65 bits per heavy atom. The summed E-state index contributed by atoms with van der Waals surface area (Å²) in [6.45, 7) is 1.42. The van der Waals surface area contributed by atoms with Crippen LogP contribution < -0.4 is 14.4 Å². The SMILES string of the molecule is COc1cc(O)c([C@H]2C3=CC[C@@H]4C(=O)N(c5ccc(C(C)=O)cc5)C(=O)[C@@H]4[C@@H]3C[C@@]3(Cl)C(=O)N(C)C(=O)[C@@]23Cl)c(OC)c1. The smallest absolute Gasteiger partial charge is 0.253 e. The van der Waals surface area contributed by atoms with Crippen molar-refractivity contribution in [1.82, 2.24) is 4.90 Å². The number of fused-ring (bicyclic) bond motifs is 4. The number of ether oxygens (including phenoxy) is 2. The number of hydrogen-bond donors (Lipinski definition) is 1. The van der Waals surface area contributed by atoms with Gasteiger partial charge >= 0.3 is 0 Å². The molecule has 4 aliphatic rings. The van der Waals surface area contributed by atoms with Crippen molar-refractivity contribution in [2.45, 2.75) is 35.4 Å². The quantitative estimate of drug-likeness (QED) is 0.229. The first-order chi connectivity index (χ1) is 20.3. The van der Waals surface area contributed by atoms with E-state index < -0.39 is 57.0 Å². The molecule has 2 aliphatic heterocycles. The molecule has 0 bridgehead atoms. The maximum atomic E-state index is 14.1. The zero-order valence-electron chi connectivity index (χ0n) is 23.7. The number of rotatable bonds is 5. The first-order valence-corrected chi connectivity index (χ1v) is 14.4. The van der Waals surface area contributed by atoms with Crippen LogP contribution in [-0.2, 0) is 19.2 Å². The van der Waals surface area contributed by atoms with Gasteiger partial charge in [-0.2, -0.15) is 0 Å². The van der Waals surface area contributed by atoms with Gasteiger partial charge in [0.05, 0.1) is 31.7 Å². The number of Topliss-reactive ketones (excluding diaryl/α,β-unsaturated/α-hetero) is 1. The number of carbonyl (C=O) groups is 5. The number of aromatic hydroxyl groups is 1. The first-order valence-electron chi connectivity index (χ1n) is 13.7.